The van der Waals surface area contributed by atoms with E-state index in [1.54, 1.807) is 14.1 Å². The van der Waals surface area contributed by atoms with Gasteiger partial charge in [-0.1, -0.05) is 50.3 Å². The summed E-state index contributed by atoms with van der Waals surface area (Å²) in [5.41, 5.74) is 2.61. The second-order valence-electron chi connectivity index (χ2n) is 12.2. The molecule has 4 rings (SSSR count). The summed E-state index contributed by atoms with van der Waals surface area (Å²) in [6, 6.07) is 0. The van der Waals surface area contributed by atoms with Gasteiger partial charge in [0.15, 0.2) is 0 Å². The molecule has 36 heavy (non-hydrogen) atoms. The summed E-state index contributed by atoms with van der Waals surface area (Å²) in [5.74, 6) is 1.36. The van der Waals surface area contributed by atoms with Crippen LogP contribution in [0, 0.1) is 23.2 Å². The minimum Gasteiger partial charge on any atom is -0.440 e. The summed E-state index contributed by atoms with van der Waals surface area (Å²) >= 11 is 0. The standard InChI is InChI=1S/C30H45NO5/c1-19(8-13-27(34)30(15-16-30)36-28(35)31(4)5)24-11-12-25-21(7-6-14-29(24,25)3)9-10-22-17-23(32)18-26(33)20(22)2/h8-10,13,19,23-27,32-34H,2,6-7,11-12,14-18H2,1,3-5H3/t19-,23-,24-,25+,26+,27-,29-/m1/s1. The Hall–Kier alpha value is -1.89. The second kappa shape index (κ2) is 10.5. The molecule has 6 nitrogen and oxygen atoms in total. The van der Waals surface area contributed by atoms with Gasteiger partial charge in [0.2, 0.25) is 0 Å². The zero-order chi connectivity index (χ0) is 26.3. The maximum absolute atomic E-state index is 12.0. The lowest BCUT2D eigenvalue weighted by molar-refractivity contribution is -0.00426. The summed E-state index contributed by atoms with van der Waals surface area (Å²) < 4.78 is 5.58. The van der Waals surface area contributed by atoms with Gasteiger partial charge in [0.1, 0.15) is 11.7 Å². The molecule has 1 amide bonds. The number of fused-ring (bicyclic) bond motifs is 1. The summed E-state index contributed by atoms with van der Waals surface area (Å²) in [6.07, 6.45) is 14.1. The molecular weight excluding hydrogens is 454 g/mol. The fourth-order valence-corrected chi connectivity index (χ4v) is 7.04. The molecule has 0 aromatic rings. The van der Waals surface area contributed by atoms with Crippen LogP contribution < -0.4 is 0 Å². The third-order valence-electron chi connectivity index (χ3n) is 9.47. The Labute approximate surface area is 216 Å². The Bertz CT molecular complexity index is 945. The van der Waals surface area contributed by atoms with E-state index < -0.39 is 30.0 Å². The molecule has 0 unspecified atom stereocenters. The number of hydrogen-bond acceptors (Lipinski definition) is 5. The fraction of sp³-hybridized carbons (Fsp3) is 0.700. The first-order chi connectivity index (χ1) is 17.0. The summed E-state index contributed by atoms with van der Waals surface area (Å²) in [5, 5.41) is 31.1. The van der Waals surface area contributed by atoms with Crippen LogP contribution in [0.2, 0.25) is 0 Å². The van der Waals surface area contributed by atoms with Crippen LogP contribution in [0.3, 0.4) is 0 Å². The van der Waals surface area contributed by atoms with Gasteiger partial charge in [-0.05, 0) is 85.7 Å². The van der Waals surface area contributed by atoms with Crippen molar-refractivity contribution in [1.29, 1.82) is 0 Å². The zero-order valence-corrected chi connectivity index (χ0v) is 22.4. The lowest BCUT2D eigenvalue weighted by Crippen LogP contribution is -2.37. The average Bonchev–Trinajstić information content (AvgIpc) is 3.51. The molecule has 0 spiro atoms. The average molecular weight is 500 g/mol. The molecule has 0 aromatic carbocycles. The van der Waals surface area contributed by atoms with Crippen LogP contribution in [0.5, 0.6) is 0 Å². The molecule has 3 N–H and O–H groups in total. The van der Waals surface area contributed by atoms with E-state index in [9.17, 15) is 20.1 Å². The molecule has 4 aliphatic carbocycles. The summed E-state index contributed by atoms with van der Waals surface area (Å²) in [6.45, 7) is 8.74. The van der Waals surface area contributed by atoms with Crippen LogP contribution in [0.15, 0.2) is 47.6 Å². The summed E-state index contributed by atoms with van der Waals surface area (Å²) in [7, 11) is 3.31. The third kappa shape index (κ3) is 5.36. The first-order valence-corrected chi connectivity index (χ1v) is 13.7. The van der Waals surface area contributed by atoms with Gasteiger partial charge in [-0.2, -0.15) is 0 Å². The molecule has 200 valence electrons. The molecule has 4 aliphatic rings. The number of rotatable bonds is 6. The van der Waals surface area contributed by atoms with Gasteiger partial charge < -0.3 is 25.0 Å². The number of aliphatic hydroxyl groups excluding tert-OH is 3. The highest BCUT2D eigenvalue weighted by Gasteiger charge is 2.53. The van der Waals surface area contributed by atoms with Gasteiger partial charge in [-0.3, -0.25) is 0 Å². The van der Waals surface area contributed by atoms with Gasteiger partial charge in [0.05, 0.1) is 12.2 Å². The van der Waals surface area contributed by atoms with E-state index in [4.69, 9.17) is 4.74 Å². The van der Waals surface area contributed by atoms with Crippen molar-refractivity contribution in [2.24, 2.45) is 23.2 Å². The predicted molar refractivity (Wildman–Crippen MR) is 141 cm³/mol. The van der Waals surface area contributed by atoms with E-state index in [0.717, 1.165) is 36.8 Å². The molecule has 0 radical (unpaired) electrons. The Morgan fingerprint density at radius 3 is 2.56 bits per heavy atom. The van der Waals surface area contributed by atoms with E-state index in [1.165, 1.54) is 16.9 Å². The SMILES string of the molecule is C=C1C(=CC=C2CCC[C@]3(C)[C@@H]([C@H](C)C=C[C@@H](O)C4(OC(=O)N(C)C)CC4)CC[C@@H]23)C[C@@H](O)C[C@@H]1O. The molecule has 0 bridgehead atoms. The van der Waals surface area contributed by atoms with Crippen molar-refractivity contribution < 1.29 is 24.9 Å². The fourth-order valence-electron chi connectivity index (χ4n) is 7.04. The van der Waals surface area contributed by atoms with Crippen molar-refractivity contribution in [2.75, 3.05) is 14.1 Å². The highest BCUT2D eigenvalue weighted by atomic mass is 16.6. The minimum atomic E-state index is -0.781. The zero-order valence-electron chi connectivity index (χ0n) is 22.4. The number of nitrogens with zero attached hydrogens (tertiary/aromatic N) is 1. The topological polar surface area (TPSA) is 90.2 Å². The molecule has 0 aromatic heterocycles. The molecule has 0 saturated heterocycles. The van der Waals surface area contributed by atoms with E-state index in [2.05, 4.69) is 38.7 Å². The predicted octanol–water partition coefficient (Wildman–Crippen LogP) is 4.91. The molecule has 4 fully saturated rings. The van der Waals surface area contributed by atoms with Crippen molar-refractivity contribution in [3.05, 3.63) is 47.6 Å². The lowest BCUT2D eigenvalue weighted by atomic mass is 9.61. The lowest BCUT2D eigenvalue weighted by Gasteiger charge is -2.44. The molecule has 0 aliphatic heterocycles. The maximum atomic E-state index is 12.0. The molecule has 6 heteroatoms. The Morgan fingerprint density at radius 2 is 1.89 bits per heavy atom. The normalized spacial score (nSPS) is 37.7. The van der Waals surface area contributed by atoms with Crippen molar-refractivity contribution >= 4 is 6.09 Å². The van der Waals surface area contributed by atoms with Gasteiger partial charge in [0, 0.05) is 20.5 Å². The van der Waals surface area contributed by atoms with Crippen molar-refractivity contribution in [3.63, 3.8) is 0 Å². The minimum absolute atomic E-state index is 0.203. The Morgan fingerprint density at radius 1 is 1.17 bits per heavy atom. The van der Waals surface area contributed by atoms with Gasteiger partial charge in [-0.25, -0.2) is 4.79 Å². The summed E-state index contributed by atoms with van der Waals surface area (Å²) in [4.78, 5) is 13.4. The van der Waals surface area contributed by atoms with E-state index in [-0.39, 0.29) is 5.41 Å². The molecular formula is C30H45NO5. The first-order valence-electron chi connectivity index (χ1n) is 13.7. The number of amides is 1. The maximum Gasteiger partial charge on any atom is 0.409 e. The van der Waals surface area contributed by atoms with Gasteiger partial charge in [-0.15, -0.1) is 0 Å². The molecule has 4 saturated carbocycles. The second-order valence-corrected chi connectivity index (χ2v) is 12.2. The molecule has 7 atom stereocenters. The number of ether oxygens (including phenoxy) is 1. The van der Waals surface area contributed by atoms with E-state index >= 15 is 0 Å². The third-order valence-corrected chi connectivity index (χ3v) is 9.47. The molecule has 0 heterocycles. The van der Waals surface area contributed by atoms with Crippen LogP contribution in [-0.4, -0.2) is 64.3 Å². The van der Waals surface area contributed by atoms with Crippen molar-refractivity contribution in [3.8, 4) is 0 Å². The monoisotopic (exact) mass is 499 g/mol. The van der Waals surface area contributed by atoms with Crippen LogP contribution in [-0.2, 0) is 4.74 Å². The Balaban J connectivity index is 1.44. The number of aliphatic hydroxyl groups is 3. The van der Waals surface area contributed by atoms with Gasteiger partial charge in [0.25, 0.3) is 0 Å². The van der Waals surface area contributed by atoms with Crippen LogP contribution in [0.4, 0.5) is 4.79 Å². The van der Waals surface area contributed by atoms with Gasteiger partial charge >= 0.3 is 6.09 Å². The van der Waals surface area contributed by atoms with Crippen molar-refractivity contribution in [1.82, 2.24) is 4.90 Å². The van der Waals surface area contributed by atoms with Crippen LogP contribution in [0.1, 0.15) is 71.6 Å². The number of carbonyl (C=O) groups is 1. The number of hydrogen-bond donors (Lipinski definition) is 3. The van der Waals surface area contributed by atoms with Crippen LogP contribution >= 0.6 is 0 Å². The number of carbonyl (C=O) groups excluding carboxylic acids is 1. The van der Waals surface area contributed by atoms with Crippen LogP contribution in [0.25, 0.3) is 0 Å². The smallest absolute Gasteiger partial charge is 0.409 e. The van der Waals surface area contributed by atoms with E-state index in [0.29, 0.717) is 43.4 Å². The first kappa shape index (κ1) is 27.2. The quantitative estimate of drug-likeness (QED) is 0.452. The van der Waals surface area contributed by atoms with E-state index in [1.807, 2.05) is 6.08 Å². The number of allylic oxidation sites excluding steroid dienone is 4. The van der Waals surface area contributed by atoms with Crippen molar-refractivity contribution in [2.45, 2.75) is 95.5 Å². The highest BCUT2D eigenvalue weighted by Crippen LogP contribution is 2.59. The Kier molecular flexibility index (Phi) is 7.89. The largest absolute Gasteiger partial charge is 0.440 e. The highest BCUT2D eigenvalue weighted by molar-refractivity contribution is 5.68.